The van der Waals surface area contributed by atoms with Gasteiger partial charge in [-0.25, -0.2) is 0 Å². The van der Waals surface area contributed by atoms with Crippen LogP contribution in [0.5, 0.6) is 0 Å². The smallest absolute Gasteiger partial charge is 0.156 e. The Morgan fingerprint density at radius 3 is 2.95 bits per heavy atom. The number of hydrogen-bond donors (Lipinski definition) is 1. The van der Waals surface area contributed by atoms with E-state index in [0.29, 0.717) is 13.2 Å². The van der Waals surface area contributed by atoms with E-state index in [1.807, 2.05) is 12.1 Å². The quantitative estimate of drug-likeness (QED) is 0.877. The molecule has 5 heteroatoms. The highest BCUT2D eigenvalue weighted by Gasteiger charge is 2.30. The fraction of sp³-hybridized carbons (Fsp3) is 0.571. The lowest BCUT2D eigenvalue weighted by Crippen LogP contribution is -2.49. The van der Waals surface area contributed by atoms with Crippen molar-refractivity contribution < 1.29 is 4.74 Å². The molecule has 0 radical (unpaired) electrons. The minimum absolute atomic E-state index is 0.0415. The van der Waals surface area contributed by atoms with Gasteiger partial charge in [-0.05, 0) is 24.1 Å². The van der Waals surface area contributed by atoms with Crippen LogP contribution in [-0.4, -0.2) is 41.7 Å². The van der Waals surface area contributed by atoms with Crippen molar-refractivity contribution in [2.24, 2.45) is 5.73 Å². The third kappa shape index (κ3) is 3.29. The SMILES string of the molecule is CCC(N)C(c1ccncc1)N1CCOC(C#N)C1. The molecular weight excluding hydrogens is 240 g/mol. The first kappa shape index (κ1) is 13.9. The van der Waals surface area contributed by atoms with E-state index in [-0.39, 0.29) is 18.2 Å². The maximum Gasteiger partial charge on any atom is 0.156 e. The van der Waals surface area contributed by atoms with Crippen LogP contribution in [0.2, 0.25) is 0 Å². The molecule has 0 aliphatic carbocycles. The van der Waals surface area contributed by atoms with Crippen LogP contribution in [-0.2, 0) is 4.74 Å². The zero-order chi connectivity index (χ0) is 13.7. The average molecular weight is 260 g/mol. The summed E-state index contributed by atoms with van der Waals surface area (Å²) in [5, 5.41) is 9.01. The monoisotopic (exact) mass is 260 g/mol. The summed E-state index contributed by atoms with van der Waals surface area (Å²) in [5.41, 5.74) is 7.44. The van der Waals surface area contributed by atoms with Crippen LogP contribution in [0.3, 0.4) is 0 Å². The molecule has 5 nitrogen and oxygen atoms in total. The number of pyridine rings is 1. The summed E-state index contributed by atoms with van der Waals surface area (Å²) in [6, 6.07) is 6.33. The number of ether oxygens (including phenoxy) is 1. The Labute approximate surface area is 114 Å². The lowest BCUT2D eigenvalue weighted by atomic mass is 9.96. The Bertz CT molecular complexity index is 431. The molecule has 19 heavy (non-hydrogen) atoms. The van der Waals surface area contributed by atoms with Gasteiger partial charge in [0.15, 0.2) is 6.10 Å². The molecule has 1 fully saturated rings. The Morgan fingerprint density at radius 2 is 2.32 bits per heavy atom. The Balaban J connectivity index is 2.21. The first-order valence-electron chi connectivity index (χ1n) is 6.67. The Morgan fingerprint density at radius 1 is 1.58 bits per heavy atom. The van der Waals surface area contributed by atoms with Gasteiger partial charge in [-0.3, -0.25) is 9.88 Å². The molecule has 1 aromatic rings. The second kappa shape index (κ2) is 6.62. The molecule has 1 aliphatic heterocycles. The van der Waals surface area contributed by atoms with Gasteiger partial charge in [-0.2, -0.15) is 5.26 Å². The fourth-order valence-corrected chi connectivity index (χ4v) is 2.51. The normalized spacial score (nSPS) is 23.5. The minimum atomic E-state index is -0.359. The molecule has 1 aromatic heterocycles. The summed E-state index contributed by atoms with van der Waals surface area (Å²) in [4.78, 5) is 6.30. The van der Waals surface area contributed by atoms with Crippen molar-refractivity contribution in [3.8, 4) is 6.07 Å². The number of hydrogen-bond acceptors (Lipinski definition) is 5. The third-order valence-electron chi connectivity index (χ3n) is 3.56. The molecule has 0 spiro atoms. The van der Waals surface area contributed by atoms with Gasteiger partial charge in [0, 0.05) is 31.5 Å². The molecular formula is C14H20N4O. The van der Waals surface area contributed by atoms with Crippen molar-refractivity contribution in [2.45, 2.75) is 31.5 Å². The first-order chi connectivity index (χ1) is 9.26. The highest BCUT2D eigenvalue weighted by Crippen LogP contribution is 2.26. The van der Waals surface area contributed by atoms with Gasteiger partial charge in [0.05, 0.1) is 18.7 Å². The van der Waals surface area contributed by atoms with Gasteiger partial charge in [-0.1, -0.05) is 6.92 Å². The number of nitriles is 1. The van der Waals surface area contributed by atoms with Crippen molar-refractivity contribution in [3.63, 3.8) is 0 Å². The second-order valence-corrected chi connectivity index (χ2v) is 4.78. The Kier molecular flexibility index (Phi) is 4.86. The number of morpholine rings is 1. The molecule has 0 saturated carbocycles. The lowest BCUT2D eigenvalue weighted by Gasteiger charge is -2.39. The summed E-state index contributed by atoms with van der Waals surface area (Å²) in [5.74, 6) is 0. The van der Waals surface area contributed by atoms with Crippen LogP contribution in [0.1, 0.15) is 24.9 Å². The topological polar surface area (TPSA) is 75.2 Å². The maximum atomic E-state index is 9.01. The standard InChI is InChI=1S/C14H20N4O/c1-2-13(16)14(11-3-5-17-6-4-11)18-7-8-19-12(9-15)10-18/h3-6,12-14H,2,7-8,10,16H2,1H3. The predicted octanol–water partition coefficient (Wildman–Crippen LogP) is 1.08. The minimum Gasteiger partial charge on any atom is -0.361 e. The van der Waals surface area contributed by atoms with Crippen molar-refractivity contribution >= 4 is 0 Å². The van der Waals surface area contributed by atoms with Crippen LogP contribution in [0.4, 0.5) is 0 Å². The van der Waals surface area contributed by atoms with E-state index in [1.54, 1.807) is 12.4 Å². The lowest BCUT2D eigenvalue weighted by molar-refractivity contribution is -0.0222. The highest BCUT2D eigenvalue weighted by atomic mass is 16.5. The van der Waals surface area contributed by atoms with Crippen molar-refractivity contribution in [1.29, 1.82) is 5.26 Å². The molecule has 1 saturated heterocycles. The van der Waals surface area contributed by atoms with E-state index in [0.717, 1.165) is 18.5 Å². The van der Waals surface area contributed by atoms with Gasteiger partial charge in [-0.15, -0.1) is 0 Å². The van der Waals surface area contributed by atoms with Crippen molar-refractivity contribution in [2.75, 3.05) is 19.7 Å². The number of nitrogens with two attached hydrogens (primary N) is 1. The molecule has 3 atom stereocenters. The molecule has 2 heterocycles. The Hall–Kier alpha value is -1.48. The first-order valence-corrected chi connectivity index (χ1v) is 6.67. The predicted molar refractivity (Wildman–Crippen MR) is 72.2 cm³/mol. The van der Waals surface area contributed by atoms with Crippen LogP contribution in [0.25, 0.3) is 0 Å². The zero-order valence-electron chi connectivity index (χ0n) is 11.2. The van der Waals surface area contributed by atoms with E-state index in [2.05, 4.69) is 22.9 Å². The molecule has 0 amide bonds. The molecule has 3 unspecified atom stereocenters. The van der Waals surface area contributed by atoms with Crippen LogP contribution >= 0.6 is 0 Å². The van der Waals surface area contributed by atoms with Gasteiger partial charge in [0.1, 0.15) is 0 Å². The van der Waals surface area contributed by atoms with Crippen LogP contribution < -0.4 is 5.73 Å². The molecule has 0 aromatic carbocycles. The summed E-state index contributed by atoms with van der Waals surface area (Å²) in [7, 11) is 0. The van der Waals surface area contributed by atoms with Gasteiger partial charge < -0.3 is 10.5 Å². The van der Waals surface area contributed by atoms with Crippen molar-refractivity contribution in [3.05, 3.63) is 30.1 Å². The van der Waals surface area contributed by atoms with E-state index < -0.39 is 0 Å². The molecule has 0 bridgehead atoms. The molecule has 1 aliphatic rings. The van der Waals surface area contributed by atoms with Gasteiger partial charge >= 0.3 is 0 Å². The number of aromatic nitrogens is 1. The van der Waals surface area contributed by atoms with E-state index in [4.69, 9.17) is 15.7 Å². The van der Waals surface area contributed by atoms with Crippen LogP contribution in [0, 0.1) is 11.3 Å². The summed E-state index contributed by atoms with van der Waals surface area (Å²) < 4.78 is 5.40. The van der Waals surface area contributed by atoms with Gasteiger partial charge in [0.2, 0.25) is 0 Å². The third-order valence-corrected chi connectivity index (χ3v) is 3.56. The average Bonchev–Trinajstić information content (AvgIpc) is 2.48. The highest BCUT2D eigenvalue weighted by molar-refractivity contribution is 5.18. The molecule has 102 valence electrons. The number of nitrogens with zero attached hydrogens (tertiary/aromatic N) is 3. The second-order valence-electron chi connectivity index (χ2n) is 4.78. The maximum absolute atomic E-state index is 9.01. The molecule has 2 N–H and O–H groups in total. The largest absolute Gasteiger partial charge is 0.361 e. The summed E-state index contributed by atoms with van der Waals surface area (Å²) in [6.07, 6.45) is 4.10. The van der Waals surface area contributed by atoms with E-state index in [1.165, 1.54) is 0 Å². The summed E-state index contributed by atoms with van der Waals surface area (Å²) >= 11 is 0. The van der Waals surface area contributed by atoms with E-state index >= 15 is 0 Å². The summed E-state index contributed by atoms with van der Waals surface area (Å²) in [6.45, 7) is 4.08. The zero-order valence-corrected chi connectivity index (χ0v) is 11.2. The fourth-order valence-electron chi connectivity index (χ4n) is 2.51. The number of rotatable bonds is 4. The molecule has 2 rings (SSSR count). The van der Waals surface area contributed by atoms with Gasteiger partial charge in [0.25, 0.3) is 0 Å². The van der Waals surface area contributed by atoms with Crippen LogP contribution in [0.15, 0.2) is 24.5 Å². The van der Waals surface area contributed by atoms with E-state index in [9.17, 15) is 0 Å². The van der Waals surface area contributed by atoms with Crippen molar-refractivity contribution in [1.82, 2.24) is 9.88 Å².